The van der Waals surface area contributed by atoms with Crippen LogP contribution in [-0.4, -0.2) is 0 Å². The molecular formula is C22H31Cl. The minimum Gasteiger partial charge on any atom is -0.0843 e. The van der Waals surface area contributed by atoms with E-state index < -0.39 is 0 Å². The molecule has 1 atom stereocenters. The van der Waals surface area contributed by atoms with E-state index in [9.17, 15) is 0 Å². The molecule has 0 saturated heterocycles. The summed E-state index contributed by atoms with van der Waals surface area (Å²) in [4.78, 5) is 0. The van der Waals surface area contributed by atoms with E-state index >= 15 is 0 Å². The van der Waals surface area contributed by atoms with E-state index in [1.54, 1.807) is 0 Å². The number of halogens is 1. The molecule has 0 bridgehead atoms. The first-order valence-electron chi connectivity index (χ1n) is 9.71. The molecule has 23 heavy (non-hydrogen) atoms. The Morgan fingerprint density at radius 2 is 1.70 bits per heavy atom. The van der Waals surface area contributed by atoms with Gasteiger partial charge in [0, 0.05) is 5.02 Å². The molecule has 0 amide bonds. The Labute approximate surface area is 147 Å². The molecular weight excluding hydrogens is 300 g/mol. The van der Waals surface area contributed by atoms with Crippen LogP contribution in [0.2, 0.25) is 5.02 Å². The minimum absolute atomic E-state index is 0.836. The molecule has 1 aromatic carbocycles. The molecule has 1 aromatic rings. The third-order valence-corrected chi connectivity index (χ3v) is 6.44. The van der Waals surface area contributed by atoms with Crippen molar-refractivity contribution in [2.24, 2.45) is 17.8 Å². The third kappa shape index (κ3) is 4.63. The van der Waals surface area contributed by atoms with Gasteiger partial charge in [0.15, 0.2) is 0 Å². The number of hydrogen-bond donors (Lipinski definition) is 0. The van der Waals surface area contributed by atoms with Gasteiger partial charge in [0.25, 0.3) is 0 Å². The molecule has 3 rings (SSSR count). The van der Waals surface area contributed by atoms with Crippen molar-refractivity contribution in [1.29, 1.82) is 0 Å². The van der Waals surface area contributed by atoms with Gasteiger partial charge in [0.2, 0.25) is 0 Å². The van der Waals surface area contributed by atoms with Crippen molar-refractivity contribution < 1.29 is 0 Å². The summed E-state index contributed by atoms with van der Waals surface area (Å²) in [5.41, 5.74) is 2.91. The summed E-state index contributed by atoms with van der Waals surface area (Å²) in [7, 11) is 0. The molecule has 0 heterocycles. The smallest absolute Gasteiger partial charge is 0.0406 e. The molecule has 2 aliphatic carbocycles. The van der Waals surface area contributed by atoms with Crippen LogP contribution in [0, 0.1) is 17.8 Å². The molecule has 0 spiro atoms. The molecule has 1 saturated carbocycles. The Kier molecular flexibility index (Phi) is 6.22. The lowest BCUT2D eigenvalue weighted by atomic mass is 9.70. The van der Waals surface area contributed by atoms with Crippen molar-refractivity contribution >= 4 is 17.2 Å². The SMILES string of the molecule is CCCC[C@H]1CC[C@H](C2CC=C(c3ccc(Cl)cc3)CC2)CC1. The average molecular weight is 331 g/mol. The summed E-state index contributed by atoms with van der Waals surface area (Å²) in [5, 5.41) is 0.836. The molecule has 0 radical (unpaired) electrons. The molecule has 0 aliphatic heterocycles. The second-order valence-corrected chi connectivity index (χ2v) is 8.13. The molecule has 0 N–H and O–H groups in total. The van der Waals surface area contributed by atoms with Crippen molar-refractivity contribution in [3.8, 4) is 0 Å². The minimum atomic E-state index is 0.836. The lowest BCUT2D eigenvalue weighted by Crippen LogP contribution is -2.23. The van der Waals surface area contributed by atoms with Gasteiger partial charge in [-0.3, -0.25) is 0 Å². The number of hydrogen-bond acceptors (Lipinski definition) is 0. The standard InChI is InChI=1S/C22H31Cl/c1-2-3-4-17-5-7-18(8-6-17)19-9-11-20(12-10-19)21-13-15-22(23)16-14-21/h11,13-19H,2-10,12H2,1H3/t17-,18-,19?. The zero-order valence-corrected chi connectivity index (χ0v) is 15.3. The summed E-state index contributed by atoms with van der Waals surface area (Å²) >= 11 is 6.00. The van der Waals surface area contributed by atoms with Gasteiger partial charge in [-0.15, -0.1) is 0 Å². The van der Waals surface area contributed by atoms with Gasteiger partial charge in [-0.25, -0.2) is 0 Å². The summed E-state index contributed by atoms with van der Waals surface area (Å²) < 4.78 is 0. The van der Waals surface area contributed by atoms with Crippen molar-refractivity contribution in [3.63, 3.8) is 0 Å². The second kappa shape index (κ2) is 8.38. The van der Waals surface area contributed by atoms with Crippen molar-refractivity contribution in [2.45, 2.75) is 71.1 Å². The van der Waals surface area contributed by atoms with E-state index in [1.165, 1.54) is 75.3 Å². The van der Waals surface area contributed by atoms with E-state index in [-0.39, 0.29) is 0 Å². The van der Waals surface area contributed by atoms with Crippen molar-refractivity contribution in [1.82, 2.24) is 0 Å². The van der Waals surface area contributed by atoms with Crippen LogP contribution < -0.4 is 0 Å². The van der Waals surface area contributed by atoms with Crippen LogP contribution >= 0.6 is 11.6 Å². The Balaban J connectivity index is 1.50. The quantitative estimate of drug-likeness (QED) is 0.523. The van der Waals surface area contributed by atoms with Gasteiger partial charge in [-0.05, 0) is 73.1 Å². The molecule has 1 heteroatoms. The van der Waals surface area contributed by atoms with E-state index in [4.69, 9.17) is 11.6 Å². The summed E-state index contributed by atoms with van der Waals surface area (Å²) in [6.07, 6.45) is 16.7. The monoisotopic (exact) mass is 330 g/mol. The van der Waals surface area contributed by atoms with Gasteiger partial charge in [-0.1, -0.05) is 68.8 Å². The van der Waals surface area contributed by atoms with Crippen LogP contribution in [0.4, 0.5) is 0 Å². The first-order valence-corrected chi connectivity index (χ1v) is 10.1. The molecule has 126 valence electrons. The molecule has 0 nitrogen and oxygen atoms in total. The van der Waals surface area contributed by atoms with Crippen LogP contribution in [0.25, 0.3) is 5.57 Å². The molecule has 0 aromatic heterocycles. The molecule has 1 fully saturated rings. The topological polar surface area (TPSA) is 0 Å². The van der Waals surface area contributed by atoms with Gasteiger partial charge in [0.05, 0.1) is 0 Å². The highest BCUT2D eigenvalue weighted by molar-refractivity contribution is 6.30. The van der Waals surface area contributed by atoms with E-state index in [2.05, 4.69) is 25.1 Å². The first-order chi connectivity index (χ1) is 11.3. The Bertz CT molecular complexity index is 505. The highest BCUT2D eigenvalue weighted by Crippen LogP contribution is 2.42. The van der Waals surface area contributed by atoms with Crippen molar-refractivity contribution in [2.75, 3.05) is 0 Å². The highest BCUT2D eigenvalue weighted by atomic mass is 35.5. The molecule has 2 aliphatic rings. The maximum Gasteiger partial charge on any atom is 0.0406 e. The zero-order valence-electron chi connectivity index (χ0n) is 14.6. The fourth-order valence-electron chi connectivity index (χ4n) is 4.65. The molecule has 1 unspecified atom stereocenters. The fraction of sp³-hybridized carbons (Fsp3) is 0.636. The summed E-state index contributed by atoms with van der Waals surface area (Å²) in [6.45, 7) is 2.32. The normalized spacial score (nSPS) is 28.4. The van der Waals surface area contributed by atoms with Gasteiger partial charge in [-0.2, -0.15) is 0 Å². The Morgan fingerprint density at radius 1 is 0.957 bits per heavy atom. The second-order valence-electron chi connectivity index (χ2n) is 7.69. The van der Waals surface area contributed by atoms with Crippen molar-refractivity contribution in [3.05, 3.63) is 40.9 Å². The van der Waals surface area contributed by atoms with Crippen LogP contribution in [0.5, 0.6) is 0 Å². The lowest BCUT2D eigenvalue weighted by Gasteiger charge is -2.35. The number of unbranched alkanes of at least 4 members (excludes halogenated alkanes) is 1. The van der Waals surface area contributed by atoms with E-state index in [0.717, 1.165) is 22.8 Å². The first kappa shape index (κ1) is 17.1. The maximum absolute atomic E-state index is 6.00. The van der Waals surface area contributed by atoms with E-state index in [0.29, 0.717) is 0 Å². The van der Waals surface area contributed by atoms with E-state index in [1.807, 2.05) is 12.1 Å². The largest absolute Gasteiger partial charge is 0.0843 e. The van der Waals surface area contributed by atoms with Crippen LogP contribution in [-0.2, 0) is 0 Å². The number of allylic oxidation sites excluding steroid dienone is 2. The predicted molar refractivity (Wildman–Crippen MR) is 102 cm³/mol. The number of rotatable bonds is 5. The lowest BCUT2D eigenvalue weighted by molar-refractivity contribution is 0.188. The summed E-state index contributed by atoms with van der Waals surface area (Å²) in [5.74, 6) is 2.98. The van der Waals surface area contributed by atoms with Crippen LogP contribution in [0.1, 0.15) is 76.7 Å². The van der Waals surface area contributed by atoms with Crippen LogP contribution in [0.15, 0.2) is 30.3 Å². The maximum atomic E-state index is 6.00. The highest BCUT2D eigenvalue weighted by Gasteiger charge is 2.28. The average Bonchev–Trinajstić information content (AvgIpc) is 2.61. The Hall–Kier alpha value is -0.750. The summed E-state index contributed by atoms with van der Waals surface area (Å²) in [6, 6.07) is 8.38. The van der Waals surface area contributed by atoms with Gasteiger partial charge in [0.1, 0.15) is 0 Å². The third-order valence-electron chi connectivity index (χ3n) is 6.19. The number of benzene rings is 1. The predicted octanol–water partition coefficient (Wildman–Crippen LogP) is 7.52. The van der Waals surface area contributed by atoms with Crippen LogP contribution in [0.3, 0.4) is 0 Å². The zero-order chi connectivity index (χ0) is 16.1. The van der Waals surface area contributed by atoms with Gasteiger partial charge >= 0.3 is 0 Å². The Morgan fingerprint density at radius 3 is 2.30 bits per heavy atom. The fourth-order valence-corrected chi connectivity index (χ4v) is 4.78. The van der Waals surface area contributed by atoms with Gasteiger partial charge < -0.3 is 0 Å².